The Hall–Kier alpha value is -1.77. The number of aryl methyl sites for hydroxylation is 1. The first-order valence-corrected chi connectivity index (χ1v) is 7.65. The number of aromatic nitrogens is 2. The molecule has 0 unspecified atom stereocenters. The lowest BCUT2D eigenvalue weighted by atomic mass is 9.96. The van der Waals surface area contributed by atoms with Gasteiger partial charge in [0.2, 0.25) is 5.95 Å². The van der Waals surface area contributed by atoms with Crippen LogP contribution < -0.4 is 5.32 Å². The van der Waals surface area contributed by atoms with Crippen molar-refractivity contribution >= 4 is 5.95 Å². The molecule has 1 aromatic carbocycles. The van der Waals surface area contributed by atoms with Crippen molar-refractivity contribution in [1.29, 1.82) is 0 Å². The first-order valence-electron chi connectivity index (χ1n) is 7.65. The van der Waals surface area contributed by atoms with E-state index in [1.165, 1.54) is 37.7 Å². The maximum Gasteiger partial charge on any atom is 0.203 e. The van der Waals surface area contributed by atoms with Crippen molar-refractivity contribution in [3.05, 3.63) is 47.8 Å². The summed E-state index contributed by atoms with van der Waals surface area (Å²) in [6, 6.07) is 11.2. The van der Waals surface area contributed by atoms with Gasteiger partial charge in [-0.2, -0.15) is 0 Å². The monoisotopic (exact) mass is 269 g/mol. The third-order valence-corrected chi connectivity index (χ3v) is 4.03. The summed E-state index contributed by atoms with van der Waals surface area (Å²) in [6.45, 7) is 2.95. The van der Waals surface area contributed by atoms with Gasteiger partial charge < -0.3 is 9.88 Å². The molecule has 0 bridgehead atoms. The summed E-state index contributed by atoms with van der Waals surface area (Å²) in [6.07, 6.45) is 8.76. The van der Waals surface area contributed by atoms with Gasteiger partial charge in [-0.05, 0) is 25.3 Å². The number of nitrogens with zero attached hydrogens (tertiary/aromatic N) is 2. The van der Waals surface area contributed by atoms with E-state index >= 15 is 0 Å². The van der Waals surface area contributed by atoms with E-state index in [0.717, 1.165) is 18.2 Å². The van der Waals surface area contributed by atoms with Crippen LogP contribution in [0.5, 0.6) is 0 Å². The molecule has 1 N–H and O–H groups in total. The van der Waals surface area contributed by atoms with Gasteiger partial charge in [0.25, 0.3) is 0 Å². The van der Waals surface area contributed by atoms with E-state index in [-0.39, 0.29) is 0 Å². The van der Waals surface area contributed by atoms with Crippen molar-refractivity contribution in [2.75, 3.05) is 5.32 Å². The summed E-state index contributed by atoms with van der Waals surface area (Å²) in [5.41, 5.74) is 2.40. The number of benzene rings is 1. The van der Waals surface area contributed by atoms with Gasteiger partial charge in [-0.25, -0.2) is 4.98 Å². The number of rotatable bonds is 4. The molecular formula is C17H23N3. The van der Waals surface area contributed by atoms with Gasteiger partial charge in [-0.15, -0.1) is 0 Å². The van der Waals surface area contributed by atoms with Crippen LogP contribution >= 0.6 is 0 Å². The van der Waals surface area contributed by atoms with Crippen LogP contribution in [0.15, 0.2) is 36.5 Å². The summed E-state index contributed by atoms with van der Waals surface area (Å²) in [4.78, 5) is 4.65. The van der Waals surface area contributed by atoms with E-state index in [1.54, 1.807) is 0 Å². The molecule has 1 aliphatic rings. The second-order valence-corrected chi connectivity index (χ2v) is 5.80. The summed E-state index contributed by atoms with van der Waals surface area (Å²) in [7, 11) is 0. The Kier molecular flexibility index (Phi) is 4.05. The quantitative estimate of drug-likeness (QED) is 0.909. The zero-order chi connectivity index (χ0) is 13.8. The predicted molar refractivity (Wildman–Crippen MR) is 83.0 cm³/mol. The highest BCUT2D eigenvalue weighted by Crippen LogP contribution is 2.22. The number of imidazole rings is 1. The molecule has 0 radical (unpaired) electrons. The maximum atomic E-state index is 4.65. The molecule has 1 aromatic heterocycles. The van der Waals surface area contributed by atoms with E-state index in [4.69, 9.17) is 0 Å². The number of hydrogen-bond donors (Lipinski definition) is 1. The lowest BCUT2D eigenvalue weighted by Gasteiger charge is -2.23. The molecule has 3 heteroatoms. The molecule has 106 valence electrons. The van der Waals surface area contributed by atoms with E-state index < -0.39 is 0 Å². The van der Waals surface area contributed by atoms with Crippen LogP contribution in [-0.4, -0.2) is 15.6 Å². The molecule has 1 aliphatic carbocycles. The molecular weight excluding hydrogens is 246 g/mol. The highest BCUT2D eigenvalue weighted by atomic mass is 15.2. The van der Waals surface area contributed by atoms with Crippen molar-refractivity contribution < 1.29 is 0 Å². The SMILES string of the molecule is Cc1cn(Cc2ccccc2)c(NC2CCCCC2)n1. The molecule has 3 nitrogen and oxygen atoms in total. The fraction of sp³-hybridized carbons (Fsp3) is 0.471. The molecule has 0 saturated heterocycles. The number of anilines is 1. The predicted octanol–water partition coefficient (Wildman–Crippen LogP) is 3.98. The highest BCUT2D eigenvalue weighted by Gasteiger charge is 2.15. The van der Waals surface area contributed by atoms with Gasteiger partial charge >= 0.3 is 0 Å². The van der Waals surface area contributed by atoms with Crippen LogP contribution in [0.2, 0.25) is 0 Å². The van der Waals surface area contributed by atoms with Gasteiger partial charge in [0, 0.05) is 12.2 Å². The highest BCUT2D eigenvalue weighted by molar-refractivity contribution is 5.32. The van der Waals surface area contributed by atoms with Crippen LogP contribution in [0, 0.1) is 6.92 Å². The second-order valence-electron chi connectivity index (χ2n) is 5.80. The number of hydrogen-bond acceptors (Lipinski definition) is 2. The van der Waals surface area contributed by atoms with Crippen LogP contribution in [0.25, 0.3) is 0 Å². The van der Waals surface area contributed by atoms with Gasteiger partial charge in [0.1, 0.15) is 0 Å². The topological polar surface area (TPSA) is 29.9 Å². The Morgan fingerprint density at radius 3 is 2.65 bits per heavy atom. The largest absolute Gasteiger partial charge is 0.353 e. The molecule has 1 fully saturated rings. The van der Waals surface area contributed by atoms with Gasteiger partial charge in [0.15, 0.2) is 0 Å². The fourth-order valence-corrected chi connectivity index (χ4v) is 2.99. The summed E-state index contributed by atoms with van der Waals surface area (Å²) >= 11 is 0. The van der Waals surface area contributed by atoms with Crippen molar-refractivity contribution in [1.82, 2.24) is 9.55 Å². The minimum Gasteiger partial charge on any atom is -0.353 e. The molecule has 2 aromatic rings. The first kappa shape index (κ1) is 13.2. The summed E-state index contributed by atoms with van der Waals surface area (Å²) in [5, 5.41) is 3.64. The number of nitrogens with one attached hydrogen (secondary N) is 1. The molecule has 20 heavy (non-hydrogen) atoms. The molecule has 0 spiro atoms. The zero-order valence-corrected chi connectivity index (χ0v) is 12.2. The van der Waals surface area contributed by atoms with Crippen molar-refractivity contribution in [3.63, 3.8) is 0 Å². The van der Waals surface area contributed by atoms with Crippen LogP contribution in [0.1, 0.15) is 43.4 Å². The Bertz CT molecular complexity index is 539. The smallest absolute Gasteiger partial charge is 0.203 e. The minimum absolute atomic E-state index is 0.597. The maximum absolute atomic E-state index is 4.65. The lowest BCUT2D eigenvalue weighted by Crippen LogP contribution is -2.24. The standard InChI is InChI=1S/C17H23N3/c1-14-12-20(13-15-8-4-2-5-9-15)17(18-14)19-16-10-6-3-7-11-16/h2,4-5,8-9,12,16H,3,6-7,10-11,13H2,1H3,(H,18,19). The minimum atomic E-state index is 0.597. The van der Waals surface area contributed by atoms with E-state index in [2.05, 4.69) is 58.3 Å². The fourth-order valence-electron chi connectivity index (χ4n) is 2.99. The Labute approximate surface area is 121 Å². The molecule has 3 rings (SSSR count). The van der Waals surface area contributed by atoms with Gasteiger partial charge in [-0.1, -0.05) is 49.6 Å². The van der Waals surface area contributed by atoms with Crippen molar-refractivity contribution in [3.8, 4) is 0 Å². The van der Waals surface area contributed by atoms with Crippen molar-refractivity contribution in [2.24, 2.45) is 0 Å². The third kappa shape index (κ3) is 3.21. The molecule has 0 atom stereocenters. The van der Waals surface area contributed by atoms with Crippen LogP contribution in [0.3, 0.4) is 0 Å². The average Bonchev–Trinajstić information content (AvgIpc) is 2.81. The van der Waals surface area contributed by atoms with Crippen molar-refractivity contribution in [2.45, 2.75) is 51.6 Å². The molecule has 1 heterocycles. The summed E-state index contributed by atoms with van der Waals surface area (Å²) < 4.78 is 2.24. The summed E-state index contributed by atoms with van der Waals surface area (Å²) in [5.74, 6) is 1.03. The molecule has 0 aliphatic heterocycles. The van der Waals surface area contributed by atoms with Gasteiger partial charge in [-0.3, -0.25) is 0 Å². The van der Waals surface area contributed by atoms with Crippen LogP contribution in [0.4, 0.5) is 5.95 Å². The van der Waals surface area contributed by atoms with Crippen LogP contribution in [-0.2, 0) is 6.54 Å². The second kappa shape index (κ2) is 6.12. The normalized spacial score (nSPS) is 16.2. The first-order chi connectivity index (χ1) is 9.81. The Morgan fingerprint density at radius 2 is 1.90 bits per heavy atom. The Balaban J connectivity index is 1.73. The molecule has 0 amide bonds. The van der Waals surface area contributed by atoms with E-state index in [0.29, 0.717) is 6.04 Å². The molecule has 1 saturated carbocycles. The van der Waals surface area contributed by atoms with E-state index in [9.17, 15) is 0 Å². The average molecular weight is 269 g/mol. The van der Waals surface area contributed by atoms with Gasteiger partial charge in [0.05, 0.1) is 12.2 Å². The van der Waals surface area contributed by atoms with E-state index in [1.807, 2.05) is 0 Å². The third-order valence-electron chi connectivity index (χ3n) is 4.03. The zero-order valence-electron chi connectivity index (χ0n) is 12.2. The lowest BCUT2D eigenvalue weighted by molar-refractivity contribution is 0.459. The Morgan fingerprint density at radius 1 is 1.15 bits per heavy atom.